The Balaban J connectivity index is 1.28. The summed E-state index contributed by atoms with van der Waals surface area (Å²) in [7, 11) is -3.82. The normalized spacial score (nSPS) is 28.4. The van der Waals surface area contributed by atoms with Crippen molar-refractivity contribution in [2.75, 3.05) is 12.3 Å². The third kappa shape index (κ3) is 3.34. The Morgan fingerprint density at radius 3 is 3.10 bits per heavy atom. The second kappa shape index (κ2) is 7.29. The van der Waals surface area contributed by atoms with Crippen LogP contribution in [0.1, 0.15) is 23.8 Å². The maximum atomic E-state index is 12.9. The van der Waals surface area contributed by atoms with E-state index in [0.717, 1.165) is 11.1 Å². The molecule has 0 bridgehead atoms. The van der Waals surface area contributed by atoms with Crippen molar-refractivity contribution >= 4 is 24.8 Å². The molecule has 0 amide bonds. The highest BCUT2D eigenvalue weighted by Crippen LogP contribution is 2.55. The molecule has 0 aliphatic carbocycles. The fourth-order valence-corrected chi connectivity index (χ4v) is 4.88. The van der Waals surface area contributed by atoms with Gasteiger partial charge in [-0.15, -0.1) is 0 Å². The highest BCUT2D eigenvalue weighted by Gasteiger charge is 2.40. The number of aliphatic hydroxyl groups excluding tert-OH is 1. The Hall–Kier alpha value is -2.56. The molecule has 2 aliphatic rings. The molecule has 1 unspecified atom stereocenters. The number of hydrogen-bond acceptors (Lipinski definition) is 10. The van der Waals surface area contributed by atoms with E-state index < -0.39 is 26.3 Å². The monoisotopic (exact) mass is 433 g/mol. The molecule has 5 rings (SSSR count). The minimum absolute atomic E-state index is 0.118. The zero-order valence-electron chi connectivity index (χ0n) is 16.0. The van der Waals surface area contributed by atoms with E-state index >= 15 is 0 Å². The molecule has 1 fully saturated rings. The van der Waals surface area contributed by atoms with Crippen LogP contribution < -0.4 is 10.3 Å². The lowest BCUT2D eigenvalue weighted by Crippen LogP contribution is -2.27. The second-order valence-corrected chi connectivity index (χ2v) is 8.78. The molecule has 0 radical (unpaired) electrons. The van der Waals surface area contributed by atoms with Gasteiger partial charge in [0.05, 0.1) is 25.6 Å². The van der Waals surface area contributed by atoms with Crippen LogP contribution in [0.15, 0.2) is 30.9 Å². The maximum Gasteiger partial charge on any atom is 0.530 e. The molecule has 3 aromatic rings. The van der Waals surface area contributed by atoms with Crippen LogP contribution in [-0.4, -0.2) is 43.4 Å². The Bertz CT molecular complexity index is 1150. The summed E-state index contributed by atoms with van der Waals surface area (Å²) in [4.78, 5) is 12.3. The fourth-order valence-electron chi connectivity index (χ4n) is 3.59. The molecular formula is C18H20N5O6P. The lowest BCUT2D eigenvalue weighted by Gasteiger charge is -2.27. The lowest BCUT2D eigenvalue weighted by molar-refractivity contribution is -0.0443. The average Bonchev–Trinajstić information content (AvgIpc) is 3.32. The number of aryl methyl sites for hydroxylation is 1. The number of aliphatic hydroxyl groups is 1. The first-order valence-corrected chi connectivity index (χ1v) is 10.8. The molecule has 11 nitrogen and oxygen atoms in total. The maximum absolute atomic E-state index is 12.9. The average molecular weight is 433 g/mol. The van der Waals surface area contributed by atoms with Gasteiger partial charge in [0.1, 0.15) is 29.9 Å². The number of nitrogens with two attached hydrogens (primary N) is 1. The number of aromatic nitrogens is 4. The van der Waals surface area contributed by atoms with Gasteiger partial charge in [-0.1, -0.05) is 18.2 Å². The number of fused-ring (bicyclic) bond motifs is 2. The van der Waals surface area contributed by atoms with Gasteiger partial charge >= 0.3 is 7.82 Å². The van der Waals surface area contributed by atoms with Gasteiger partial charge < -0.3 is 20.1 Å². The molecular weight excluding hydrogens is 413 g/mol. The highest BCUT2D eigenvalue weighted by atomic mass is 31.2. The number of anilines is 1. The Kier molecular flexibility index (Phi) is 4.72. The van der Waals surface area contributed by atoms with Gasteiger partial charge in [-0.25, -0.2) is 19.5 Å². The topological polar surface area (TPSA) is 144 Å². The molecule has 3 N–H and O–H groups in total. The van der Waals surface area contributed by atoms with Gasteiger partial charge in [-0.05, 0) is 12.5 Å². The first-order valence-electron chi connectivity index (χ1n) is 9.37. The molecule has 2 aromatic heterocycles. The number of hydrogen-bond donors (Lipinski definition) is 2. The number of nitrogen functional groups attached to an aromatic ring is 1. The second-order valence-electron chi connectivity index (χ2n) is 7.19. The number of benzene rings is 1. The van der Waals surface area contributed by atoms with Crippen LogP contribution in [0.4, 0.5) is 5.82 Å². The van der Waals surface area contributed by atoms with Crippen molar-refractivity contribution in [3.05, 3.63) is 42.0 Å². The molecule has 30 heavy (non-hydrogen) atoms. The summed E-state index contributed by atoms with van der Waals surface area (Å²) in [6.45, 7) is 1.81. The largest absolute Gasteiger partial charge is 0.530 e. The van der Waals surface area contributed by atoms with Gasteiger partial charge in [0.2, 0.25) is 0 Å². The highest BCUT2D eigenvalue weighted by molar-refractivity contribution is 7.49. The number of ether oxygens (including phenoxy) is 1. The fraction of sp³-hybridized carbons (Fsp3) is 0.389. The van der Waals surface area contributed by atoms with Crippen molar-refractivity contribution in [3.63, 3.8) is 0 Å². The molecule has 12 heteroatoms. The van der Waals surface area contributed by atoms with Crippen molar-refractivity contribution < 1.29 is 28.0 Å². The number of para-hydroxylation sites is 1. The summed E-state index contributed by atoms with van der Waals surface area (Å²) in [6.07, 6.45) is 1.03. The summed E-state index contributed by atoms with van der Waals surface area (Å²) in [5, 5.41) is 10.4. The Morgan fingerprint density at radius 1 is 1.37 bits per heavy atom. The summed E-state index contributed by atoms with van der Waals surface area (Å²) < 4.78 is 36.8. The SMILES string of the molecule is Cc1cccc2c1OP(=O)(OC[C@H]1O[C@@H](n3cnc4c(N)ncnc43)C[C@@H]1O)OC2. The van der Waals surface area contributed by atoms with Gasteiger partial charge in [-0.3, -0.25) is 13.6 Å². The number of rotatable bonds is 4. The van der Waals surface area contributed by atoms with Crippen molar-refractivity contribution in [3.8, 4) is 5.75 Å². The van der Waals surface area contributed by atoms with E-state index in [0.29, 0.717) is 16.9 Å². The predicted octanol–water partition coefficient (Wildman–Crippen LogP) is 2.10. The quantitative estimate of drug-likeness (QED) is 0.587. The van der Waals surface area contributed by atoms with Gasteiger partial charge in [-0.2, -0.15) is 0 Å². The minimum Gasteiger partial charge on any atom is -0.403 e. The molecule has 2 aliphatic heterocycles. The summed E-state index contributed by atoms with van der Waals surface area (Å²) in [6, 6.07) is 5.57. The van der Waals surface area contributed by atoms with Crippen LogP contribution in [0.3, 0.4) is 0 Å². The van der Waals surface area contributed by atoms with Crippen molar-refractivity contribution in [1.82, 2.24) is 19.5 Å². The summed E-state index contributed by atoms with van der Waals surface area (Å²) in [5.41, 5.74) is 8.41. The third-order valence-corrected chi connectivity index (χ3v) is 6.49. The van der Waals surface area contributed by atoms with E-state index in [4.69, 9.17) is 24.0 Å². The van der Waals surface area contributed by atoms with E-state index in [9.17, 15) is 9.67 Å². The van der Waals surface area contributed by atoms with Crippen molar-refractivity contribution in [2.45, 2.75) is 38.4 Å². The number of phosphoric acid groups is 1. The van der Waals surface area contributed by atoms with E-state index in [1.165, 1.54) is 12.7 Å². The van der Waals surface area contributed by atoms with Gasteiger partial charge in [0, 0.05) is 12.0 Å². The summed E-state index contributed by atoms with van der Waals surface area (Å²) >= 11 is 0. The predicted molar refractivity (Wildman–Crippen MR) is 104 cm³/mol. The molecule has 0 spiro atoms. The smallest absolute Gasteiger partial charge is 0.403 e. The van der Waals surface area contributed by atoms with Crippen molar-refractivity contribution in [2.24, 2.45) is 0 Å². The van der Waals surface area contributed by atoms with Crippen LogP contribution >= 0.6 is 7.82 Å². The Labute approximate surface area is 171 Å². The number of nitrogens with zero attached hydrogens (tertiary/aromatic N) is 4. The minimum atomic E-state index is -3.82. The van der Waals surface area contributed by atoms with Gasteiger partial charge in [0.25, 0.3) is 0 Å². The molecule has 158 valence electrons. The van der Waals surface area contributed by atoms with Crippen LogP contribution in [0.5, 0.6) is 5.75 Å². The number of imidazole rings is 1. The molecule has 1 aromatic carbocycles. The summed E-state index contributed by atoms with van der Waals surface area (Å²) in [5.74, 6) is 0.762. The first kappa shape index (κ1) is 19.4. The number of phosphoric ester groups is 1. The standard InChI is InChI=1S/C18H20N5O6P/c1-10-3-2-4-11-6-26-30(25,29-16(10)11)27-7-13-12(24)5-14(28-13)23-9-22-15-17(19)20-8-21-18(15)23/h2-4,8-9,12-14,24H,5-7H2,1H3,(H2,19,20,21)/t12-,13+,14+,30?/m0/s1. The molecule has 4 atom stereocenters. The third-order valence-electron chi connectivity index (χ3n) is 5.17. The molecule has 1 saturated heterocycles. The van der Waals surface area contributed by atoms with E-state index in [1.54, 1.807) is 4.57 Å². The molecule has 4 heterocycles. The zero-order valence-corrected chi connectivity index (χ0v) is 16.9. The van der Waals surface area contributed by atoms with Crippen LogP contribution in [0.25, 0.3) is 11.2 Å². The first-order chi connectivity index (χ1) is 14.4. The molecule has 0 saturated carbocycles. The zero-order chi connectivity index (χ0) is 20.9. The van der Waals surface area contributed by atoms with E-state index in [1.807, 2.05) is 25.1 Å². The van der Waals surface area contributed by atoms with Crippen molar-refractivity contribution in [1.29, 1.82) is 0 Å². The van der Waals surface area contributed by atoms with Gasteiger partial charge in [0.15, 0.2) is 11.5 Å². The van der Waals surface area contributed by atoms with Crippen LogP contribution in [-0.2, 0) is 25.0 Å². The van der Waals surface area contributed by atoms with Crippen LogP contribution in [0.2, 0.25) is 0 Å². The lowest BCUT2D eigenvalue weighted by atomic mass is 10.1. The van der Waals surface area contributed by atoms with E-state index in [-0.39, 0.29) is 25.5 Å². The van der Waals surface area contributed by atoms with Crippen LogP contribution in [0, 0.1) is 6.92 Å². The van der Waals surface area contributed by atoms with E-state index in [2.05, 4.69) is 15.0 Å². The Morgan fingerprint density at radius 2 is 2.23 bits per heavy atom.